The number of hydrogen-bond donors (Lipinski definition) is 1. The summed E-state index contributed by atoms with van der Waals surface area (Å²) in [6.45, 7) is 6.57. The van der Waals surface area contributed by atoms with Crippen LogP contribution in [0, 0.1) is 13.8 Å². The van der Waals surface area contributed by atoms with Gasteiger partial charge in [0.2, 0.25) is 0 Å². The van der Waals surface area contributed by atoms with Crippen molar-refractivity contribution < 1.29 is 14.3 Å². The Labute approximate surface area is 137 Å². The van der Waals surface area contributed by atoms with E-state index in [9.17, 15) is 4.79 Å². The van der Waals surface area contributed by atoms with Gasteiger partial charge in [0, 0.05) is 5.56 Å². The molecule has 0 atom stereocenters. The molecule has 0 aliphatic rings. The second-order valence-electron chi connectivity index (χ2n) is 5.47. The number of anilines is 1. The minimum atomic E-state index is -0.485. The molecule has 2 aromatic rings. The Kier molecular flexibility index (Phi) is 5.63. The third-order valence-electron chi connectivity index (χ3n) is 3.80. The highest BCUT2D eigenvalue weighted by Gasteiger charge is 2.11. The number of hydrogen-bond acceptors (Lipinski definition) is 3. The lowest BCUT2D eigenvalue weighted by Gasteiger charge is -2.16. The lowest BCUT2D eigenvalue weighted by atomic mass is 10.1. The first-order chi connectivity index (χ1) is 11.0. The molecule has 1 N–H and O–H groups in total. The van der Waals surface area contributed by atoms with Gasteiger partial charge in [-0.2, -0.15) is 0 Å². The van der Waals surface area contributed by atoms with Gasteiger partial charge in [-0.1, -0.05) is 36.8 Å². The Balaban J connectivity index is 2.22. The summed E-state index contributed by atoms with van der Waals surface area (Å²) in [5.74, 6) is 0.880. The molecule has 4 nitrogen and oxygen atoms in total. The van der Waals surface area contributed by atoms with Crippen LogP contribution in [0.15, 0.2) is 36.4 Å². The Hall–Kier alpha value is -2.49. The van der Waals surface area contributed by atoms with E-state index in [1.165, 1.54) is 18.2 Å². The second kappa shape index (κ2) is 7.68. The van der Waals surface area contributed by atoms with E-state index >= 15 is 0 Å². The lowest BCUT2D eigenvalue weighted by molar-refractivity contribution is 0.187. The standard InChI is InChI=1S/C19H23NO3/c1-5-15-11-13(2)9-10-18(15)23-12-16-14(3)7-6-8-17(16)20-19(21)22-4/h6-11H,5,12H2,1-4H3,(H,20,21). The lowest BCUT2D eigenvalue weighted by Crippen LogP contribution is -2.14. The van der Waals surface area contributed by atoms with Crippen molar-refractivity contribution in [1.82, 2.24) is 0 Å². The first-order valence-electron chi connectivity index (χ1n) is 7.71. The molecule has 1 amide bonds. The highest BCUT2D eigenvalue weighted by molar-refractivity contribution is 5.85. The molecule has 0 radical (unpaired) electrons. The van der Waals surface area contributed by atoms with Crippen molar-refractivity contribution in [2.75, 3.05) is 12.4 Å². The van der Waals surface area contributed by atoms with Crippen molar-refractivity contribution >= 4 is 11.8 Å². The molecule has 0 saturated carbocycles. The highest BCUT2D eigenvalue weighted by atomic mass is 16.5. The zero-order valence-corrected chi connectivity index (χ0v) is 14.1. The summed E-state index contributed by atoms with van der Waals surface area (Å²) in [6.07, 6.45) is 0.430. The van der Waals surface area contributed by atoms with E-state index in [1.807, 2.05) is 37.3 Å². The van der Waals surface area contributed by atoms with Crippen LogP contribution in [0.4, 0.5) is 10.5 Å². The first kappa shape index (κ1) is 16.9. The molecule has 122 valence electrons. The van der Waals surface area contributed by atoms with E-state index in [0.29, 0.717) is 12.3 Å². The van der Waals surface area contributed by atoms with Crippen molar-refractivity contribution in [2.45, 2.75) is 33.8 Å². The molecular weight excluding hydrogens is 290 g/mol. The zero-order chi connectivity index (χ0) is 16.8. The molecule has 2 aromatic carbocycles. The third kappa shape index (κ3) is 4.25. The normalized spacial score (nSPS) is 10.3. The molecule has 0 heterocycles. The van der Waals surface area contributed by atoms with Gasteiger partial charge >= 0.3 is 6.09 Å². The van der Waals surface area contributed by atoms with Crippen LogP contribution in [-0.4, -0.2) is 13.2 Å². The minimum absolute atomic E-state index is 0.391. The topological polar surface area (TPSA) is 47.6 Å². The van der Waals surface area contributed by atoms with Crippen LogP contribution in [0.1, 0.15) is 29.2 Å². The van der Waals surface area contributed by atoms with Crippen LogP contribution in [0.2, 0.25) is 0 Å². The predicted octanol–water partition coefficient (Wildman–Crippen LogP) is 4.62. The van der Waals surface area contributed by atoms with Crippen LogP contribution in [0.25, 0.3) is 0 Å². The van der Waals surface area contributed by atoms with Crippen molar-refractivity contribution in [3.63, 3.8) is 0 Å². The summed E-state index contributed by atoms with van der Waals surface area (Å²) in [5.41, 5.74) is 5.12. The summed E-state index contributed by atoms with van der Waals surface area (Å²) in [4.78, 5) is 11.5. The summed E-state index contributed by atoms with van der Waals surface area (Å²) >= 11 is 0. The summed E-state index contributed by atoms with van der Waals surface area (Å²) < 4.78 is 10.7. The SMILES string of the molecule is CCc1cc(C)ccc1OCc1c(C)cccc1NC(=O)OC. The molecule has 0 bridgehead atoms. The summed E-state index contributed by atoms with van der Waals surface area (Å²) in [7, 11) is 1.35. The summed E-state index contributed by atoms with van der Waals surface area (Å²) in [5, 5.41) is 2.73. The molecule has 0 fully saturated rings. The first-order valence-corrected chi connectivity index (χ1v) is 7.71. The fraction of sp³-hybridized carbons (Fsp3) is 0.316. The number of carbonyl (C=O) groups is 1. The van der Waals surface area contributed by atoms with Crippen LogP contribution < -0.4 is 10.1 Å². The average molecular weight is 313 g/mol. The van der Waals surface area contributed by atoms with Gasteiger partial charge in [-0.25, -0.2) is 4.79 Å². The second-order valence-corrected chi connectivity index (χ2v) is 5.47. The van der Waals surface area contributed by atoms with Crippen LogP contribution in [-0.2, 0) is 17.8 Å². The van der Waals surface area contributed by atoms with Gasteiger partial charge in [-0.05, 0) is 43.5 Å². The number of methoxy groups -OCH3 is 1. The molecule has 0 aliphatic carbocycles. The smallest absolute Gasteiger partial charge is 0.411 e. The van der Waals surface area contributed by atoms with E-state index < -0.39 is 6.09 Å². The van der Waals surface area contributed by atoms with Gasteiger partial charge in [0.25, 0.3) is 0 Å². The van der Waals surface area contributed by atoms with Gasteiger partial charge in [-0.15, -0.1) is 0 Å². The van der Waals surface area contributed by atoms with E-state index in [2.05, 4.69) is 30.0 Å². The maximum atomic E-state index is 11.5. The molecule has 0 unspecified atom stereocenters. The van der Waals surface area contributed by atoms with E-state index in [-0.39, 0.29) is 0 Å². The average Bonchev–Trinajstić information content (AvgIpc) is 2.55. The van der Waals surface area contributed by atoms with Gasteiger partial charge < -0.3 is 9.47 Å². The molecule has 23 heavy (non-hydrogen) atoms. The maximum Gasteiger partial charge on any atom is 0.411 e. The zero-order valence-electron chi connectivity index (χ0n) is 14.1. The molecular formula is C19H23NO3. The van der Waals surface area contributed by atoms with E-state index in [1.54, 1.807) is 0 Å². The number of rotatable bonds is 5. The van der Waals surface area contributed by atoms with Crippen LogP contribution >= 0.6 is 0 Å². The quantitative estimate of drug-likeness (QED) is 0.876. The van der Waals surface area contributed by atoms with Crippen molar-refractivity contribution in [2.24, 2.45) is 0 Å². The number of ether oxygens (including phenoxy) is 2. The van der Waals surface area contributed by atoms with Crippen LogP contribution in [0.3, 0.4) is 0 Å². The number of nitrogens with one attached hydrogen (secondary N) is 1. The Morgan fingerprint density at radius 1 is 1.17 bits per heavy atom. The number of benzene rings is 2. The fourth-order valence-electron chi connectivity index (χ4n) is 2.45. The van der Waals surface area contributed by atoms with Crippen molar-refractivity contribution in [3.8, 4) is 5.75 Å². The monoisotopic (exact) mass is 313 g/mol. The van der Waals surface area contributed by atoms with Gasteiger partial charge in [0.15, 0.2) is 0 Å². The van der Waals surface area contributed by atoms with Gasteiger partial charge in [0.1, 0.15) is 12.4 Å². The van der Waals surface area contributed by atoms with Crippen molar-refractivity contribution in [1.29, 1.82) is 0 Å². The Morgan fingerprint density at radius 2 is 1.96 bits per heavy atom. The predicted molar refractivity (Wildman–Crippen MR) is 92.1 cm³/mol. The highest BCUT2D eigenvalue weighted by Crippen LogP contribution is 2.25. The Bertz CT molecular complexity index is 695. The number of carbonyl (C=O) groups excluding carboxylic acids is 1. The van der Waals surface area contributed by atoms with E-state index in [4.69, 9.17) is 4.74 Å². The Morgan fingerprint density at radius 3 is 2.65 bits per heavy atom. The van der Waals surface area contributed by atoms with E-state index in [0.717, 1.165) is 23.3 Å². The van der Waals surface area contributed by atoms with Gasteiger partial charge in [0.05, 0.1) is 12.8 Å². The fourth-order valence-corrected chi connectivity index (χ4v) is 2.45. The summed E-state index contributed by atoms with van der Waals surface area (Å²) in [6, 6.07) is 11.9. The molecule has 0 spiro atoms. The van der Waals surface area contributed by atoms with Gasteiger partial charge in [-0.3, -0.25) is 5.32 Å². The number of amides is 1. The number of aryl methyl sites for hydroxylation is 3. The van der Waals surface area contributed by atoms with Crippen molar-refractivity contribution in [3.05, 3.63) is 58.7 Å². The molecule has 0 saturated heterocycles. The third-order valence-corrected chi connectivity index (χ3v) is 3.80. The largest absolute Gasteiger partial charge is 0.489 e. The maximum absolute atomic E-state index is 11.5. The molecule has 0 aliphatic heterocycles. The molecule has 4 heteroatoms. The molecule has 0 aromatic heterocycles. The minimum Gasteiger partial charge on any atom is -0.489 e. The molecule has 2 rings (SSSR count). The van der Waals surface area contributed by atoms with Crippen LogP contribution in [0.5, 0.6) is 5.75 Å².